The van der Waals surface area contributed by atoms with E-state index in [0.29, 0.717) is 0 Å². The van der Waals surface area contributed by atoms with E-state index in [9.17, 15) is 14.5 Å². The largest absolute Gasteiger partial charge is 0.436 e. The predicted molar refractivity (Wildman–Crippen MR) is 67.1 cm³/mol. The summed E-state index contributed by atoms with van der Waals surface area (Å²) in [7, 11) is 0. The van der Waals surface area contributed by atoms with E-state index >= 15 is 0 Å². The Labute approximate surface area is 117 Å². The van der Waals surface area contributed by atoms with Crippen molar-refractivity contribution in [2.24, 2.45) is 0 Å². The molecule has 0 amide bonds. The highest BCUT2D eigenvalue weighted by Gasteiger charge is 2.17. The van der Waals surface area contributed by atoms with Gasteiger partial charge in [-0.1, -0.05) is 11.6 Å². The number of rotatable bonds is 3. The summed E-state index contributed by atoms with van der Waals surface area (Å²) in [5.74, 6) is -0.996. The molecule has 0 aliphatic heterocycles. The lowest BCUT2D eigenvalue weighted by molar-refractivity contribution is -0.385. The lowest BCUT2D eigenvalue weighted by Gasteiger charge is -2.06. The van der Waals surface area contributed by atoms with E-state index in [1.807, 2.05) is 0 Å². The van der Waals surface area contributed by atoms with Crippen molar-refractivity contribution in [3.63, 3.8) is 0 Å². The van der Waals surface area contributed by atoms with Crippen molar-refractivity contribution in [1.29, 1.82) is 5.26 Å². The van der Waals surface area contributed by atoms with Crippen LogP contribution in [0.4, 0.5) is 10.1 Å². The zero-order valence-electron chi connectivity index (χ0n) is 9.71. The summed E-state index contributed by atoms with van der Waals surface area (Å²) in [6.45, 7) is 0. The lowest BCUT2D eigenvalue weighted by atomic mass is 10.3. The third-order valence-corrected chi connectivity index (χ3v) is 2.49. The summed E-state index contributed by atoms with van der Waals surface area (Å²) < 4.78 is 18.6. The fourth-order valence-corrected chi connectivity index (χ4v) is 1.55. The van der Waals surface area contributed by atoms with E-state index in [1.165, 1.54) is 18.2 Å². The van der Waals surface area contributed by atoms with Gasteiger partial charge in [0.15, 0.2) is 11.6 Å². The van der Waals surface area contributed by atoms with Gasteiger partial charge in [0.25, 0.3) is 0 Å². The monoisotopic (exact) mass is 293 g/mol. The first-order chi connectivity index (χ1) is 9.51. The number of halogens is 2. The van der Waals surface area contributed by atoms with Gasteiger partial charge in [-0.25, -0.2) is 4.39 Å². The van der Waals surface area contributed by atoms with Crippen molar-refractivity contribution in [1.82, 2.24) is 4.98 Å². The molecule has 0 aliphatic rings. The minimum Gasteiger partial charge on any atom is -0.436 e. The molecule has 0 atom stereocenters. The fourth-order valence-electron chi connectivity index (χ4n) is 1.39. The summed E-state index contributed by atoms with van der Waals surface area (Å²) in [6.07, 6.45) is 0. The third kappa shape index (κ3) is 2.81. The van der Waals surface area contributed by atoms with Crippen LogP contribution in [-0.2, 0) is 0 Å². The average Bonchev–Trinajstić information content (AvgIpc) is 2.41. The topological polar surface area (TPSA) is 89.0 Å². The quantitative estimate of drug-likeness (QED) is 0.638. The van der Waals surface area contributed by atoms with Gasteiger partial charge in [-0.3, -0.25) is 10.1 Å². The number of hydrogen-bond donors (Lipinski definition) is 0. The maximum absolute atomic E-state index is 13.5. The summed E-state index contributed by atoms with van der Waals surface area (Å²) in [5, 5.41) is 19.6. The van der Waals surface area contributed by atoms with Crippen LogP contribution in [0.1, 0.15) is 5.69 Å². The van der Waals surface area contributed by atoms with E-state index in [4.69, 9.17) is 21.6 Å². The zero-order valence-corrected chi connectivity index (χ0v) is 10.5. The van der Waals surface area contributed by atoms with Crippen molar-refractivity contribution >= 4 is 17.3 Å². The van der Waals surface area contributed by atoms with Crippen LogP contribution in [-0.4, -0.2) is 9.91 Å². The molecule has 100 valence electrons. The molecule has 0 spiro atoms. The van der Waals surface area contributed by atoms with Gasteiger partial charge < -0.3 is 4.74 Å². The molecule has 20 heavy (non-hydrogen) atoms. The Kier molecular flexibility index (Phi) is 3.77. The zero-order chi connectivity index (χ0) is 14.7. The van der Waals surface area contributed by atoms with Crippen LogP contribution in [0.2, 0.25) is 5.02 Å². The maximum Gasteiger partial charge on any atom is 0.305 e. The highest BCUT2D eigenvalue weighted by Crippen LogP contribution is 2.27. The normalized spacial score (nSPS) is 9.85. The van der Waals surface area contributed by atoms with Gasteiger partial charge in [-0.15, -0.1) is 0 Å². The Bertz CT molecular complexity index is 730. The third-order valence-electron chi connectivity index (χ3n) is 2.26. The molecule has 0 saturated heterocycles. The summed E-state index contributed by atoms with van der Waals surface area (Å²) in [6, 6.07) is 7.56. The number of pyridine rings is 1. The van der Waals surface area contributed by atoms with Crippen LogP contribution < -0.4 is 4.74 Å². The van der Waals surface area contributed by atoms with Crippen LogP contribution in [0, 0.1) is 27.3 Å². The molecular weight excluding hydrogens is 289 g/mol. The molecule has 1 heterocycles. The standard InChI is InChI=1S/C12H5ClFN3O3/c13-7-1-3-11(8(14)5-7)20-12-4-2-10(17(18)19)9(6-15)16-12/h1-5H. The number of benzene rings is 1. The van der Waals surface area contributed by atoms with Crippen molar-refractivity contribution in [2.45, 2.75) is 0 Å². The van der Waals surface area contributed by atoms with Crippen LogP contribution in [0.15, 0.2) is 30.3 Å². The van der Waals surface area contributed by atoms with Gasteiger partial charge >= 0.3 is 5.69 Å². The summed E-state index contributed by atoms with van der Waals surface area (Å²) in [5.41, 5.74) is -0.863. The molecule has 2 rings (SSSR count). The number of nitriles is 1. The molecule has 8 heteroatoms. The Morgan fingerprint density at radius 3 is 2.75 bits per heavy atom. The van der Waals surface area contributed by atoms with Gasteiger partial charge in [0.1, 0.15) is 6.07 Å². The number of nitrogens with zero attached hydrogens (tertiary/aromatic N) is 3. The van der Waals surface area contributed by atoms with Crippen LogP contribution in [0.5, 0.6) is 11.6 Å². The van der Waals surface area contributed by atoms with E-state index < -0.39 is 22.1 Å². The first kappa shape index (κ1) is 13.7. The highest BCUT2D eigenvalue weighted by molar-refractivity contribution is 6.30. The maximum atomic E-state index is 13.5. The second-order valence-electron chi connectivity index (χ2n) is 3.56. The van der Waals surface area contributed by atoms with Gasteiger partial charge in [0.05, 0.1) is 4.92 Å². The average molecular weight is 294 g/mol. The molecule has 1 aromatic heterocycles. The molecule has 0 aliphatic carbocycles. The number of ether oxygens (including phenoxy) is 1. The van der Waals surface area contributed by atoms with E-state index in [2.05, 4.69) is 4.98 Å². The second-order valence-corrected chi connectivity index (χ2v) is 4.00. The first-order valence-corrected chi connectivity index (χ1v) is 5.57. The second kappa shape index (κ2) is 5.50. The van der Waals surface area contributed by atoms with E-state index in [0.717, 1.165) is 12.1 Å². The van der Waals surface area contributed by atoms with Gasteiger partial charge in [0.2, 0.25) is 11.6 Å². The minimum absolute atomic E-state index is 0.131. The molecule has 0 unspecified atom stereocenters. The number of nitro groups is 1. The van der Waals surface area contributed by atoms with Crippen LogP contribution in [0.3, 0.4) is 0 Å². The smallest absolute Gasteiger partial charge is 0.305 e. The number of hydrogen-bond acceptors (Lipinski definition) is 5. The van der Waals surface area contributed by atoms with Crippen molar-refractivity contribution in [3.05, 3.63) is 57.0 Å². The molecule has 0 fully saturated rings. The summed E-state index contributed by atoms with van der Waals surface area (Å²) >= 11 is 5.59. The van der Waals surface area contributed by atoms with E-state index in [-0.39, 0.29) is 16.7 Å². The Hall–Kier alpha value is -2.72. The fraction of sp³-hybridized carbons (Fsp3) is 0. The molecule has 0 bridgehead atoms. The van der Waals surface area contributed by atoms with Crippen molar-refractivity contribution in [2.75, 3.05) is 0 Å². The Morgan fingerprint density at radius 1 is 1.40 bits per heavy atom. The molecule has 0 radical (unpaired) electrons. The van der Waals surface area contributed by atoms with Gasteiger partial charge in [0, 0.05) is 17.2 Å². The molecule has 1 aromatic carbocycles. The van der Waals surface area contributed by atoms with Crippen LogP contribution in [0.25, 0.3) is 0 Å². The Balaban J connectivity index is 2.35. The summed E-state index contributed by atoms with van der Waals surface area (Å²) in [4.78, 5) is 13.5. The van der Waals surface area contributed by atoms with Gasteiger partial charge in [-0.2, -0.15) is 10.2 Å². The predicted octanol–water partition coefficient (Wildman–Crippen LogP) is 3.45. The first-order valence-electron chi connectivity index (χ1n) is 5.19. The SMILES string of the molecule is N#Cc1nc(Oc2ccc(Cl)cc2F)ccc1[N+](=O)[O-]. The number of aromatic nitrogens is 1. The molecule has 2 aromatic rings. The van der Waals surface area contributed by atoms with E-state index in [1.54, 1.807) is 6.07 Å². The van der Waals surface area contributed by atoms with Gasteiger partial charge in [-0.05, 0) is 18.2 Å². The lowest BCUT2D eigenvalue weighted by Crippen LogP contribution is -1.97. The van der Waals surface area contributed by atoms with Crippen molar-refractivity contribution < 1.29 is 14.1 Å². The van der Waals surface area contributed by atoms with Crippen LogP contribution >= 0.6 is 11.6 Å². The molecule has 0 saturated carbocycles. The minimum atomic E-state index is -0.738. The highest BCUT2D eigenvalue weighted by atomic mass is 35.5. The molecule has 6 nitrogen and oxygen atoms in total. The molecule has 0 N–H and O–H groups in total. The Morgan fingerprint density at radius 2 is 2.15 bits per heavy atom. The molecular formula is C12H5ClFN3O3. The van der Waals surface area contributed by atoms with Crippen molar-refractivity contribution in [3.8, 4) is 17.7 Å².